The molecular weight excluding hydrogens is 661 g/mol. The molecule has 0 aliphatic carbocycles. The molecule has 2 aromatic heterocycles. The Morgan fingerprint density at radius 3 is 2.29 bits per heavy atom. The maximum atomic E-state index is 13.7. The van der Waals surface area contributed by atoms with E-state index < -0.39 is 22.4 Å². The van der Waals surface area contributed by atoms with Gasteiger partial charge in [0.15, 0.2) is 6.29 Å². The maximum absolute atomic E-state index is 13.7. The van der Waals surface area contributed by atoms with Gasteiger partial charge in [-0.2, -0.15) is 0 Å². The summed E-state index contributed by atoms with van der Waals surface area (Å²) in [5.74, 6) is -0.166. The number of anilines is 1. The summed E-state index contributed by atoms with van der Waals surface area (Å²) < 4.78 is 43.9. The first-order valence-electron chi connectivity index (χ1n) is 17.0. The van der Waals surface area contributed by atoms with Gasteiger partial charge in [0.05, 0.1) is 24.3 Å². The van der Waals surface area contributed by atoms with Gasteiger partial charge in [0.1, 0.15) is 4.90 Å². The molecule has 4 atom stereocenters. The summed E-state index contributed by atoms with van der Waals surface area (Å²) >= 11 is 0. The van der Waals surface area contributed by atoms with Crippen LogP contribution < -0.4 is 4.72 Å². The molecule has 4 aromatic carbocycles. The molecule has 1 aliphatic rings. The Hall–Kier alpha value is -4.97. The van der Waals surface area contributed by atoms with Gasteiger partial charge in [-0.05, 0) is 60.1 Å². The average molecular weight is 701 g/mol. The number of hydrogen-bond acceptors (Lipinski definition) is 8. The number of para-hydroxylation sites is 1. The van der Waals surface area contributed by atoms with E-state index in [1.165, 1.54) is 0 Å². The summed E-state index contributed by atoms with van der Waals surface area (Å²) in [7, 11) is -1.89. The number of fused-ring (bicyclic) bond motifs is 1. The summed E-state index contributed by atoms with van der Waals surface area (Å²) in [6.45, 7) is 1.33. The molecular formula is C41H40N4O5S. The fraction of sp³-hybridized carbons (Fsp3) is 0.220. The number of aliphatic hydroxyl groups excluding tert-OH is 1. The van der Waals surface area contributed by atoms with Gasteiger partial charge in [-0.15, -0.1) is 0 Å². The van der Waals surface area contributed by atoms with Gasteiger partial charge < -0.3 is 19.5 Å². The Labute approximate surface area is 298 Å². The number of ether oxygens (including phenoxy) is 2. The summed E-state index contributed by atoms with van der Waals surface area (Å²) in [5, 5.41) is 10.5. The molecule has 1 saturated heterocycles. The molecule has 10 heteroatoms. The van der Waals surface area contributed by atoms with Crippen LogP contribution in [0.25, 0.3) is 10.9 Å². The smallest absolute Gasteiger partial charge is 0.264 e. The molecule has 0 radical (unpaired) electrons. The Morgan fingerprint density at radius 1 is 0.765 bits per heavy atom. The van der Waals surface area contributed by atoms with Gasteiger partial charge in [-0.3, -0.25) is 14.7 Å². The lowest BCUT2D eigenvalue weighted by atomic mass is 9.83. The highest BCUT2D eigenvalue weighted by atomic mass is 32.2. The first kappa shape index (κ1) is 34.5. The molecule has 7 rings (SSSR count). The van der Waals surface area contributed by atoms with E-state index in [1.807, 2.05) is 85.1 Å². The van der Waals surface area contributed by atoms with Crippen LogP contribution in [0.5, 0.6) is 0 Å². The third-order valence-electron chi connectivity index (χ3n) is 9.23. The molecule has 260 valence electrons. The number of aromatic nitrogens is 2. The van der Waals surface area contributed by atoms with Crippen molar-refractivity contribution in [3.8, 4) is 0 Å². The first-order valence-corrected chi connectivity index (χ1v) is 18.5. The van der Waals surface area contributed by atoms with Gasteiger partial charge in [0.25, 0.3) is 10.0 Å². The highest BCUT2D eigenvalue weighted by molar-refractivity contribution is 7.93. The lowest BCUT2D eigenvalue weighted by Gasteiger charge is -2.44. The summed E-state index contributed by atoms with van der Waals surface area (Å²) in [6, 6.07) is 39.9. The number of likely N-dealkylation sites (N-methyl/N-ethyl adjacent to an activating group) is 1. The number of hydrogen-bond donors (Lipinski definition) is 2. The van der Waals surface area contributed by atoms with Gasteiger partial charge in [0, 0.05) is 60.2 Å². The van der Waals surface area contributed by atoms with Crippen LogP contribution >= 0.6 is 0 Å². The van der Waals surface area contributed by atoms with E-state index in [1.54, 1.807) is 42.6 Å². The van der Waals surface area contributed by atoms with Crippen molar-refractivity contribution in [2.75, 3.05) is 24.9 Å². The Morgan fingerprint density at radius 2 is 1.51 bits per heavy atom. The van der Waals surface area contributed by atoms with Crippen LogP contribution in [0.4, 0.5) is 5.69 Å². The monoisotopic (exact) mass is 700 g/mol. The first-order chi connectivity index (χ1) is 24.9. The lowest BCUT2D eigenvalue weighted by Crippen LogP contribution is -2.43. The molecule has 9 nitrogen and oxygen atoms in total. The number of rotatable bonds is 12. The fourth-order valence-electron chi connectivity index (χ4n) is 6.67. The van der Waals surface area contributed by atoms with Crippen molar-refractivity contribution in [2.24, 2.45) is 0 Å². The molecule has 1 fully saturated rings. The number of benzene rings is 4. The molecule has 1 unspecified atom stereocenters. The molecule has 0 bridgehead atoms. The predicted octanol–water partition coefficient (Wildman–Crippen LogP) is 7.04. The van der Waals surface area contributed by atoms with E-state index in [2.05, 4.69) is 38.8 Å². The Kier molecular flexibility index (Phi) is 10.5. The topological polar surface area (TPSA) is 114 Å². The number of nitrogens with zero attached hydrogens (tertiary/aromatic N) is 3. The number of pyridine rings is 2. The minimum Gasteiger partial charge on any atom is -0.392 e. The SMILES string of the molecule is CN(CCc1ccccn1)C[C@H]1OC(c2cccc(NS(=O)(=O)c3cccc4cccnc34)c2)O[C@@H](c2ccc(CO)cc2)[C@@H]1c1ccccc1. The second kappa shape index (κ2) is 15.5. The zero-order valence-electron chi connectivity index (χ0n) is 28.2. The highest BCUT2D eigenvalue weighted by Crippen LogP contribution is 2.47. The van der Waals surface area contributed by atoms with Gasteiger partial charge >= 0.3 is 0 Å². The van der Waals surface area contributed by atoms with E-state index in [-0.39, 0.29) is 23.5 Å². The summed E-state index contributed by atoms with van der Waals surface area (Å²) in [6.07, 6.45) is 2.68. The largest absolute Gasteiger partial charge is 0.392 e. The van der Waals surface area contributed by atoms with E-state index in [0.29, 0.717) is 23.3 Å². The molecule has 0 amide bonds. The van der Waals surface area contributed by atoms with Crippen molar-refractivity contribution in [2.45, 2.75) is 42.3 Å². The molecule has 3 heterocycles. The number of aliphatic hydroxyl groups is 1. The van der Waals surface area contributed by atoms with Crippen molar-refractivity contribution in [1.29, 1.82) is 0 Å². The molecule has 0 spiro atoms. The minimum atomic E-state index is -3.97. The van der Waals surface area contributed by atoms with E-state index in [4.69, 9.17) is 9.47 Å². The van der Waals surface area contributed by atoms with Crippen LogP contribution in [0.2, 0.25) is 0 Å². The molecule has 0 saturated carbocycles. The summed E-state index contributed by atoms with van der Waals surface area (Å²) in [4.78, 5) is 11.2. The van der Waals surface area contributed by atoms with Crippen LogP contribution in [0.3, 0.4) is 0 Å². The quantitative estimate of drug-likeness (QED) is 0.140. The second-order valence-electron chi connectivity index (χ2n) is 12.8. The maximum Gasteiger partial charge on any atom is 0.264 e. The highest BCUT2D eigenvalue weighted by Gasteiger charge is 2.42. The Bertz CT molecular complexity index is 2160. The minimum absolute atomic E-state index is 0.0547. The van der Waals surface area contributed by atoms with Crippen molar-refractivity contribution in [3.05, 3.63) is 168 Å². The van der Waals surface area contributed by atoms with Crippen molar-refractivity contribution in [1.82, 2.24) is 14.9 Å². The van der Waals surface area contributed by atoms with Crippen LogP contribution in [0.15, 0.2) is 145 Å². The fourth-order valence-corrected chi connectivity index (χ4v) is 7.90. The van der Waals surface area contributed by atoms with Gasteiger partial charge in [0.2, 0.25) is 0 Å². The van der Waals surface area contributed by atoms with Crippen molar-refractivity contribution < 1.29 is 23.0 Å². The van der Waals surface area contributed by atoms with E-state index in [0.717, 1.165) is 40.7 Å². The summed E-state index contributed by atoms with van der Waals surface area (Å²) in [5.41, 5.74) is 5.33. The zero-order chi connectivity index (χ0) is 35.2. The average Bonchev–Trinajstić information content (AvgIpc) is 3.17. The van der Waals surface area contributed by atoms with Gasteiger partial charge in [-0.1, -0.05) is 91.0 Å². The lowest BCUT2D eigenvalue weighted by molar-refractivity contribution is -0.263. The van der Waals surface area contributed by atoms with E-state index >= 15 is 0 Å². The number of sulfonamides is 1. The normalized spacial score (nSPS) is 19.3. The number of nitrogens with one attached hydrogen (secondary N) is 1. The second-order valence-corrected chi connectivity index (χ2v) is 14.4. The standard InChI is InChI=1S/C41H40N4O5S/c1-45(25-22-34-15-5-6-23-42-34)27-36-38(30-10-3-2-4-11-30)40(32-20-18-29(28-46)19-21-32)50-41(49-36)33-13-7-16-35(26-33)44-51(47,48)37-17-8-12-31-14-9-24-43-39(31)37/h2-21,23-24,26,36,38,40-41,44,46H,22,25,27-28H2,1H3/t36-,38-,40+,41?/m1/s1. The van der Waals surface area contributed by atoms with Crippen molar-refractivity contribution >= 4 is 26.6 Å². The van der Waals surface area contributed by atoms with Crippen LogP contribution in [0, 0.1) is 0 Å². The van der Waals surface area contributed by atoms with Crippen LogP contribution in [-0.4, -0.2) is 54.6 Å². The van der Waals surface area contributed by atoms with Crippen LogP contribution in [-0.2, 0) is 32.5 Å². The van der Waals surface area contributed by atoms with Crippen LogP contribution in [0.1, 0.15) is 46.3 Å². The molecule has 2 N–H and O–H groups in total. The van der Waals surface area contributed by atoms with Gasteiger partial charge in [-0.25, -0.2) is 8.42 Å². The van der Waals surface area contributed by atoms with E-state index in [9.17, 15) is 13.5 Å². The van der Waals surface area contributed by atoms with Crippen molar-refractivity contribution in [3.63, 3.8) is 0 Å². The molecule has 1 aliphatic heterocycles. The molecule has 6 aromatic rings. The third-order valence-corrected chi connectivity index (χ3v) is 10.6. The third kappa shape index (κ3) is 8.01. The predicted molar refractivity (Wildman–Crippen MR) is 197 cm³/mol. The Balaban J connectivity index is 1.21. The molecule has 51 heavy (non-hydrogen) atoms. The zero-order valence-corrected chi connectivity index (χ0v) is 29.1.